The van der Waals surface area contributed by atoms with Crippen LogP contribution in [0.3, 0.4) is 0 Å². The van der Waals surface area contributed by atoms with Crippen molar-refractivity contribution in [3.8, 4) is 0 Å². The van der Waals surface area contributed by atoms with Gasteiger partial charge in [-0.2, -0.15) is 0 Å². The molecule has 0 unspecified atom stereocenters. The van der Waals surface area contributed by atoms with Gasteiger partial charge in [0.1, 0.15) is 0 Å². The van der Waals surface area contributed by atoms with Gasteiger partial charge in [0.25, 0.3) is 0 Å². The minimum Gasteiger partial charge on any atom is -0.378 e. The minimum absolute atomic E-state index is 0.624. The third kappa shape index (κ3) is 4.04. The predicted octanol–water partition coefficient (Wildman–Crippen LogP) is 1.28. The molecule has 0 aliphatic carbocycles. The zero-order valence-corrected chi connectivity index (χ0v) is 14.3. The minimum atomic E-state index is 0.624. The first-order valence-corrected chi connectivity index (χ1v) is 8.47. The van der Waals surface area contributed by atoms with Crippen LogP contribution in [0.5, 0.6) is 0 Å². The number of hydrogen-bond donors (Lipinski definition) is 2. The second-order valence-corrected chi connectivity index (χ2v) is 6.01. The van der Waals surface area contributed by atoms with Crippen molar-refractivity contribution in [1.82, 2.24) is 5.32 Å². The molecule has 2 aliphatic rings. The number of thiocarbonyl (C=S) groups is 1. The Morgan fingerprint density at radius 3 is 2.22 bits per heavy atom. The smallest absolute Gasteiger partial charge is 0.170 e. The van der Waals surface area contributed by atoms with E-state index in [-0.39, 0.29) is 0 Å². The van der Waals surface area contributed by atoms with Gasteiger partial charge in [0, 0.05) is 38.9 Å². The van der Waals surface area contributed by atoms with Crippen molar-refractivity contribution in [3.63, 3.8) is 0 Å². The van der Waals surface area contributed by atoms with E-state index in [1.165, 1.54) is 11.4 Å². The Labute approximate surface area is 142 Å². The number of rotatable bonds is 3. The van der Waals surface area contributed by atoms with E-state index in [1.807, 2.05) is 7.05 Å². The molecule has 1 aromatic rings. The lowest BCUT2D eigenvalue weighted by Crippen LogP contribution is -2.38. The van der Waals surface area contributed by atoms with E-state index < -0.39 is 0 Å². The molecule has 0 radical (unpaired) electrons. The lowest BCUT2D eigenvalue weighted by atomic mass is 10.2. The van der Waals surface area contributed by atoms with Gasteiger partial charge in [-0.25, -0.2) is 0 Å². The number of benzene rings is 1. The van der Waals surface area contributed by atoms with E-state index in [0.29, 0.717) is 5.11 Å². The number of hydrogen-bond acceptors (Lipinski definition) is 5. The first-order chi connectivity index (χ1) is 11.3. The van der Waals surface area contributed by atoms with Crippen molar-refractivity contribution < 1.29 is 9.47 Å². The van der Waals surface area contributed by atoms with Gasteiger partial charge in [0.2, 0.25) is 0 Å². The fraction of sp³-hybridized carbons (Fsp3) is 0.562. The summed E-state index contributed by atoms with van der Waals surface area (Å²) in [5, 5.41) is 6.88. The molecule has 3 rings (SSSR count). The average Bonchev–Trinajstić information content (AvgIpc) is 2.63. The molecule has 0 spiro atoms. The van der Waals surface area contributed by atoms with Crippen LogP contribution in [0.15, 0.2) is 18.2 Å². The van der Waals surface area contributed by atoms with Crippen LogP contribution in [0.25, 0.3) is 0 Å². The molecule has 6 nitrogen and oxygen atoms in total. The molecule has 126 valence electrons. The maximum absolute atomic E-state index is 5.48. The van der Waals surface area contributed by atoms with Crippen molar-refractivity contribution in [2.45, 2.75) is 0 Å². The summed E-state index contributed by atoms with van der Waals surface area (Å²) in [6, 6.07) is 6.51. The zero-order chi connectivity index (χ0) is 16.1. The van der Waals surface area contributed by atoms with Crippen molar-refractivity contribution in [2.24, 2.45) is 0 Å². The molecule has 2 heterocycles. The van der Waals surface area contributed by atoms with Gasteiger partial charge >= 0.3 is 0 Å². The summed E-state index contributed by atoms with van der Waals surface area (Å²) in [5.74, 6) is 0. The first-order valence-electron chi connectivity index (χ1n) is 8.06. The average molecular weight is 336 g/mol. The lowest BCUT2D eigenvalue weighted by Gasteiger charge is -2.33. The molecule has 0 amide bonds. The quantitative estimate of drug-likeness (QED) is 0.806. The van der Waals surface area contributed by atoms with Crippen LogP contribution in [0.1, 0.15) is 0 Å². The molecule has 23 heavy (non-hydrogen) atoms. The Kier molecular flexibility index (Phi) is 5.53. The summed E-state index contributed by atoms with van der Waals surface area (Å²) in [5.41, 5.74) is 3.44. The summed E-state index contributed by atoms with van der Waals surface area (Å²) in [4.78, 5) is 4.72. The fourth-order valence-corrected chi connectivity index (χ4v) is 3.00. The van der Waals surface area contributed by atoms with Crippen LogP contribution >= 0.6 is 12.2 Å². The van der Waals surface area contributed by atoms with Gasteiger partial charge in [0.15, 0.2) is 5.11 Å². The molecule has 2 N–H and O–H groups in total. The fourth-order valence-electron chi connectivity index (χ4n) is 2.89. The zero-order valence-electron chi connectivity index (χ0n) is 13.5. The van der Waals surface area contributed by atoms with Crippen molar-refractivity contribution in [3.05, 3.63) is 18.2 Å². The van der Waals surface area contributed by atoms with Crippen molar-refractivity contribution in [1.29, 1.82) is 0 Å². The van der Waals surface area contributed by atoms with E-state index in [4.69, 9.17) is 21.7 Å². The molecular formula is C16H24N4O2S. The van der Waals surface area contributed by atoms with Gasteiger partial charge < -0.3 is 29.9 Å². The maximum Gasteiger partial charge on any atom is 0.170 e. The van der Waals surface area contributed by atoms with Crippen molar-refractivity contribution in [2.75, 3.05) is 74.8 Å². The van der Waals surface area contributed by atoms with Crippen LogP contribution in [0.4, 0.5) is 17.1 Å². The molecule has 0 saturated carbocycles. The Morgan fingerprint density at radius 2 is 1.61 bits per heavy atom. The summed E-state index contributed by atoms with van der Waals surface area (Å²) in [6.45, 7) is 6.76. The summed E-state index contributed by atoms with van der Waals surface area (Å²) < 4.78 is 10.9. The second-order valence-electron chi connectivity index (χ2n) is 5.60. The molecule has 0 aromatic heterocycles. The van der Waals surface area contributed by atoms with Crippen LogP contribution in [-0.2, 0) is 9.47 Å². The highest BCUT2D eigenvalue weighted by Crippen LogP contribution is 2.32. The number of nitrogens with zero attached hydrogens (tertiary/aromatic N) is 2. The van der Waals surface area contributed by atoms with Gasteiger partial charge in [-0.1, -0.05) is 0 Å². The van der Waals surface area contributed by atoms with E-state index in [2.05, 4.69) is 38.6 Å². The molecule has 2 saturated heterocycles. The Bertz CT molecular complexity index is 543. The molecule has 2 fully saturated rings. The highest BCUT2D eigenvalue weighted by atomic mass is 32.1. The first kappa shape index (κ1) is 16.3. The highest BCUT2D eigenvalue weighted by molar-refractivity contribution is 7.80. The Hall–Kier alpha value is -1.57. The molecular weight excluding hydrogens is 312 g/mol. The van der Waals surface area contributed by atoms with E-state index in [0.717, 1.165) is 58.3 Å². The SMILES string of the molecule is CNC(=S)Nc1ccc(N2CCOCC2)cc1N1CCOCC1. The topological polar surface area (TPSA) is 49.0 Å². The van der Waals surface area contributed by atoms with E-state index in [9.17, 15) is 0 Å². The summed E-state index contributed by atoms with van der Waals surface area (Å²) in [7, 11) is 1.83. The lowest BCUT2D eigenvalue weighted by molar-refractivity contribution is 0.122. The van der Waals surface area contributed by atoms with Gasteiger partial charge in [-0.3, -0.25) is 0 Å². The van der Waals surface area contributed by atoms with Crippen LogP contribution in [0.2, 0.25) is 0 Å². The Balaban J connectivity index is 1.87. The summed E-state index contributed by atoms with van der Waals surface area (Å²) in [6.07, 6.45) is 0. The van der Waals surface area contributed by atoms with Crippen LogP contribution in [-0.4, -0.2) is 64.8 Å². The molecule has 0 bridgehead atoms. The molecule has 0 atom stereocenters. The van der Waals surface area contributed by atoms with E-state index in [1.54, 1.807) is 0 Å². The monoisotopic (exact) mass is 336 g/mol. The maximum atomic E-state index is 5.48. The highest BCUT2D eigenvalue weighted by Gasteiger charge is 2.18. The number of anilines is 3. The molecule has 2 aliphatic heterocycles. The van der Waals surface area contributed by atoms with Crippen LogP contribution < -0.4 is 20.4 Å². The molecule has 7 heteroatoms. The predicted molar refractivity (Wildman–Crippen MR) is 97.8 cm³/mol. The van der Waals surface area contributed by atoms with Gasteiger partial charge in [-0.15, -0.1) is 0 Å². The normalized spacial score (nSPS) is 18.7. The Morgan fingerprint density at radius 1 is 1.00 bits per heavy atom. The molecule has 1 aromatic carbocycles. The van der Waals surface area contributed by atoms with E-state index >= 15 is 0 Å². The number of ether oxygens (including phenoxy) is 2. The largest absolute Gasteiger partial charge is 0.378 e. The summed E-state index contributed by atoms with van der Waals surface area (Å²) >= 11 is 5.26. The van der Waals surface area contributed by atoms with Gasteiger partial charge in [0.05, 0.1) is 37.8 Å². The second kappa shape index (κ2) is 7.81. The number of nitrogens with one attached hydrogen (secondary N) is 2. The third-order valence-corrected chi connectivity index (χ3v) is 4.49. The third-order valence-electron chi connectivity index (χ3n) is 4.18. The number of morpholine rings is 2. The standard InChI is InChI=1S/C16H24N4O2S/c1-17-16(23)18-14-3-2-13(19-4-8-21-9-5-19)12-15(14)20-6-10-22-11-7-20/h2-3,12H,4-11H2,1H3,(H2,17,18,23). The van der Waals surface area contributed by atoms with Crippen molar-refractivity contribution >= 4 is 34.4 Å². The van der Waals surface area contributed by atoms with Crippen LogP contribution in [0, 0.1) is 0 Å². The van der Waals surface area contributed by atoms with Gasteiger partial charge in [-0.05, 0) is 30.4 Å².